The predicted octanol–water partition coefficient (Wildman–Crippen LogP) is 0.637. The molecule has 6 heteroatoms. The Bertz CT molecular complexity index is 372. The molecule has 0 aliphatic rings. The van der Waals surface area contributed by atoms with Crippen LogP contribution in [0.15, 0.2) is 6.07 Å². The fourth-order valence-corrected chi connectivity index (χ4v) is 1.17. The van der Waals surface area contributed by atoms with Gasteiger partial charge in [-0.1, -0.05) is 0 Å². The Morgan fingerprint density at radius 1 is 1.47 bits per heavy atom. The van der Waals surface area contributed by atoms with Gasteiger partial charge in [-0.05, 0) is 6.07 Å². The maximum Gasteiger partial charge on any atom is 0.204 e. The van der Waals surface area contributed by atoms with E-state index in [9.17, 15) is 13.9 Å². The van der Waals surface area contributed by atoms with Gasteiger partial charge in [-0.15, -0.1) is 0 Å². The molecule has 84 valence electrons. The van der Waals surface area contributed by atoms with Gasteiger partial charge in [0.1, 0.15) is 0 Å². The van der Waals surface area contributed by atoms with E-state index in [0.717, 1.165) is 6.07 Å². The van der Waals surface area contributed by atoms with Gasteiger partial charge in [0.25, 0.3) is 0 Å². The highest BCUT2D eigenvalue weighted by Gasteiger charge is 2.21. The summed E-state index contributed by atoms with van der Waals surface area (Å²) in [5.41, 5.74) is 10.8. The molecule has 1 aromatic rings. The Morgan fingerprint density at radius 3 is 2.53 bits per heavy atom. The lowest BCUT2D eigenvalue weighted by Gasteiger charge is -2.14. The van der Waals surface area contributed by atoms with E-state index in [-0.39, 0.29) is 17.9 Å². The molecule has 0 unspecified atom stereocenters. The fraction of sp³-hybridized carbons (Fsp3) is 0.333. The van der Waals surface area contributed by atoms with Crippen LogP contribution in [0.4, 0.5) is 8.78 Å². The largest absolute Gasteiger partial charge is 0.505 e. The van der Waals surface area contributed by atoms with Crippen molar-refractivity contribution in [3.8, 4) is 11.5 Å². The second-order valence-electron chi connectivity index (χ2n) is 2.99. The van der Waals surface area contributed by atoms with Gasteiger partial charge in [-0.25, -0.2) is 0 Å². The van der Waals surface area contributed by atoms with Crippen LogP contribution < -0.4 is 16.2 Å². The van der Waals surface area contributed by atoms with Gasteiger partial charge in [-0.3, -0.25) is 0 Å². The first-order valence-electron chi connectivity index (χ1n) is 4.23. The number of benzene rings is 1. The summed E-state index contributed by atoms with van der Waals surface area (Å²) in [6.07, 6.45) is 0. The molecule has 0 aliphatic heterocycles. The van der Waals surface area contributed by atoms with Gasteiger partial charge < -0.3 is 21.3 Å². The molecule has 5 N–H and O–H groups in total. The van der Waals surface area contributed by atoms with Crippen molar-refractivity contribution in [3.63, 3.8) is 0 Å². The summed E-state index contributed by atoms with van der Waals surface area (Å²) in [7, 11) is 1.19. The van der Waals surface area contributed by atoms with Crippen molar-refractivity contribution in [2.45, 2.75) is 6.04 Å². The summed E-state index contributed by atoms with van der Waals surface area (Å²) in [5.74, 6) is -3.77. The topological polar surface area (TPSA) is 81.5 Å². The quantitative estimate of drug-likeness (QED) is 0.695. The van der Waals surface area contributed by atoms with E-state index in [1.807, 2.05) is 0 Å². The number of aromatic hydroxyl groups is 1. The van der Waals surface area contributed by atoms with Crippen LogP contribution in [0.1, 0.15) is 11.6 Å². The van der Waals surface area contributed by atoms with Crippen molar-refractivity contribution < 1.29 is 18.6 Å². The Labute approximate surface area is 85.4 Å². The monoisotopic (exact) mass is 218 g/mol. The Hall–Kier alpha value is -1.40. The number of nitrogens with two attached hydrogens (primary N) is 2. The SMILES string of the molecule is COc1cc([C@H](N)CN)c(O)c(F)c1F. The summed E-state index contributed by atoms with van der Waals surface area (Å²) in [5, 5.41) is 9.29. The summed E-state index contributed by atoms with van der Waals surface area (Å²) in [6, 6.07) is 0.361. The maximum absolute atomic E-state index is 13.1. The van der Waals surface area contributed by atoms with Gasteiger partial charge in [0, 0.05) is 18.2 Å². The highest BCUT2D eigenvalue weighted by Crippen LogP contribution is 2.33. The van der Waals surface area contributed by atoms with Crippen LogP contribution >= 0.6 is 0 Å². The van der Waals surface area contributed by atoms with Crippen LogP contribution in [0.3, 0.4) is 0 Å². The highest BCUT2D eigenvalue weighted by molar-refractivity contribution is 5.43. The molecule has 0 spiro atoms. The number of phenols is 1. The molecule has 15 heavy (non-hydrogen) atoms. The zero-order valence-electron chi connectivity index (χ0n) is 8.13. The second-order valence-corrected chi connectivity index (χ2v) is 2.99. The molecular weight excluding hydrogens is 206 g/mol. The second kappa shape index (κ2) is 4.41. The third-order valence-electron chi connectivity index (χ3n) is 2.05. The van der Waals surface area contributed by atoms with E-state index >= 15 is 0 Å². The van der Waals surface area contributed by atoms with Crippen LogP contribution in [0.25, 0.3) is 0 Å². The lowest BCUT2D eigenvalue weighted by molar-refractivity contribution is 0.350. The van der Waals surface area contributed by atoms with Crippen molar-refractivity contribution in [2.24, 2.45) is 11.5 Å². The van der Waals surface area contributed by atoms with E-state index in [4.69, 9.17) is 11.5 Å². The number of hydrogen-bond donors (Lipinski definition) is 3. The molecule has 1 rings (SSSR count). The third-order valence-corrected chi connectivity index (χ3v) is 2.05. The maximum atomic E-state index is 13.1. The smallest absolute Gasteiger partial charge is 0.204 e. The summed E-state index contributed by atoms with van der Waals surface area (Å²) < 4.78 is 30.8. The first-order chi connectivity index (χ1) is 7.02. The van der Waals surface area contributed by atoms with Crippen molar-refractivity contribution in [1.29, 1.82) is 0 Å². The van der Waals surface area contributed by atoms with E-state index in [0.29, 0.717) is 0 Å². The van der Waals surface area contributed by atoms with Crippen LogP contribution in [-0.2, 0) is 0 Å². The number of hydrogen-bond acceptors (Lipinski definition) is 4. The molecule has 4 nitrogen and oxygen atoms in total. The number of phenolic OH excluding ortho intramolecular Hbond substituents is 1. The molecule has 0 radical (unpaired) electrons. The zero-order chi connectivity index (χ0) is 11.6. The number of ether oxygens (including phenoxy) is 1. The Kier molecular flexibility index (Phi) is 3.43. The molecule has 0 bridgehead atoms. The van der Waals surface area contributed by atoms with Gasteiger partial charge >= 0.3 is 0 Å². The minimum Gasteiger partial charge on any atom is -0.505 e. The van der Waals surface area contributed by atoms with Crippen LogP contribution in [0, 0.1) is 11.6 Å². The molecule has 1 aromatic carbocycles. The van der Waals surface area contributed by atoms with Crippen molar-refractivity contribution in [3.05, 3.63) is 23.3 Å². The number of halogens is 2. The van der Waals surface area contributed by atoms with Crippen LogP contribution in [-0.4, -0.2) is 18.8 Å². The molecule has 0 aromatic heterocycles. The normalized spacial score (nSPS) is 12.6. The van der Waals surface area contributed by atoms with Crippen molar-refractivity contribution in [1.82, 2.24) is 0 Å². The molecule has 0 amide bonds. The summed E-state index contributed by atoms with van der Waals surface area (Å²) >= 11 is 0. The first kappa shape index (κ1) is 11.7. The average molecular weight is 218 g/mol. The predicted molar refractivity (Wildman–Crippen MR) is 50.6 cm³/mol. The third kappa shape index (κ3) is 2.00. The van der Waals surface area contributed by atoms with Gasteiger partial charge in [0.05, 0.1) is 7.11 Å². The van der Waals surface area contributed by atoms with Crippen molar-refractivity contribution in [2.75, 3.05) is 13.7 Å². The van der Waals surface area contributed by atoms with Crippen molar-refractivity contribution >= 4 is 0 Å². The van der Waals surface area contributed by atoms with Gasteiger partial charge in [0.2, 0.25) is 11.6 Å². The summed E-state index contributed by atoms with van der Waals surface area (Å²) in [4.78, 5) is 0. The molecule has 0 fully saturated rings. The number of rotatable bonds is 3. The lowest BCUT2D eigenvalue weighted by Crippen LogP contribution is -2.21. The molecule has 0 aliphatic carbocycles. The Morgan fingerprint density at radius 2 is 2.07 bits per heavy atom. The lowest BCUT2D eigenvalue weighted by atomic mass is 10.1. The van der Waals surface area contributed by atoms with E-state index in [2.05, 4.69) is 4.74 Å². The van der Waals surface area contributed by atoms with Crippen LogP contribution in [0.2, 0.25) is 0 Å². The van der Waals surface area contributed by atoms with E-state index in [1.54, 1.807) is 0 Å². The number of methoxy groups -OCH3 is 1. The summed E-state index contributed by atoms with van der Waals surface area (Å²) in [6.45, 7) is 0.00177. The molecule has 0 saturated heterocycles. The zero-order valence-corrected chi connectivity index (χ0v) is 8.13. The molecule has 0 heterocycles. The van der Waals surface area contributed by atoms with Gasteiger partial charge in [0.15, 0.2) is 11.5 Å². The average Bonchev–Trinajstić information content (AvgIpc) is 2.25. The van der Waals surface area contributed by atoms with Crippen LogP contribution in [0.5, 0.6) is 11.5 Å². The van der Waals surface area contributed by atoms with Gasteiger partial charge in [-0.2, -0.15) is 8.78 Å². The molecule has 1 atom stereocenters. The highest BCUT2D eigenvalue weighted by atomic mass is 19.2. The molecular formula is C9H12F2N2O2. The minimum absolute atomic E-state index is 0.00177. The molecule has 0 saturated carbocycles. The fourth-order valence-electron chi connectivity index (χ4n) is 1.17. The first-order valence-corrected chi connectivity index (χ1v) is 4.23. The van der Waals surface area contributed by atoms with E-state index < -0.39 is 23.4 Å². The van der Waals surface area contributed by atoms with E-state index in [1.165, 1.54) is 7.11 Å². The Balaban J connectivity index is 3.35. The minimum atomic E-state index is -1.38. The standard InChI is InChI=1S/C9H12F2N2O2/c1-15-6-2-4(5(13)3-12)9(14)8(11)7(6)10/h2,5,14H,3,12-13H2,1H3/t5-/m1/s1.